The number of carbonyl (C=O) groups is 1. The highest BCUT2D eigenvalue weighted by molar-refractivity contribution is 7.98. The third kappa shape index (κ3) is 6.63. The lowest BCUT2D eigenvalue weighted by Gasteiger charge is -2.39. The van der Waals surface area contributed by atoms with Gasteiger partial charge < -0.3 is 19.9 Å². The van der Waals surface area contributed by atoms with Crippen molar-refractivity contribution in [2.75, 3.05) is 69.9 Å². The number of rotatable bonds is 9. The molecule has 2 aromatic rings. The van der Waals surface area contributed by atoms with Gasteiger partial charge in [0.05, 0.1) is 11.7 Å². The van der Waals surface area contributed by atoms with Crippen molar-refractivity contribution < 1.29 is 9.53 Å². The Balaban J connectivity index is 1.55. The molecule has 0 spiro atoms. The maximum atomic E-state index is 12.8. The molecule has 31 heavy (non-hydrogen) atoms. The van der Waals surface area contributed by atoms with E-state index in [1.165, 1.54) is 0 Å². The summed E-state index contributed by atoms with van der Waals surface area (Å²) in [4.78, 5) is 20.7. The van der Waals surface area contributed by atoms with Gasteiger partial charge in [0.25, 0.3) is 0 Å². The van der Waals surface area contributed by atoms with Crippen LogP contribution < -0.4 is 15.0 Å². The number of thioether (sulfide) groups is 1. The molecule has 1 aliphatic rings. The third-order valence-corrected chi connectivity index (χ3v) is 6.31. The maximum Gasteiger partial charge on any atom is 0.241 e. The molecule has 3 rings (SSSR count). The van der Waals surface area contributed by atoms with Crippen LogP contribution in [-0.2, 0) is 4.79 Å². The van der Waals surface area contributed by atoms with E-state index < -0.39 is 0 Å². The summed E-state index contributed by atoms with van der Waals surface area (Å²) in [6, 6.07) is 16.0. The van der Waals surface area contributed by atoms with Gasteiger partial charge in [0.1, 0.15) is 12.4 Å². The summed E-state index contributed by atoms with van der Waals surface area (Å²) in [5.74, 6) is 0.969. The first kappa shape index (κ1) is 23.4. The Labute approximate surface area is 190 Å². The number of para-hydroxylation sites is 2. The normalized spacial score (nSPS) is 15.7. The van der Waals surface area contributed by atoms with Gasteiger partial charge in [-0.1, -0.05) is 18.2 Å². The second-order valence-corrected chi connectivity index (χ2v) is 8.92. The van der Waals surface area contributed by atoms with Crippen molar-refractivity contribution >= 4 is 29.0 Å². The Kier molecular flexibility index (Phi) is 8.63. The minimum Gasteiger partial charge on any atom is -0.490 e. The van der Waals surface area contributed by atoms with E-state index in [4.69, 9.17) is 4.74 Å². The van der Waals surface area contributed by atoms with E-state index in [0.717, 1.165) is 54.7 Å². The van der Waals surface area contributed by atoms with E-state index in [0.29, 0.717) is 6.61 Å². The van der Waals surface area contributed by atoms with Crippen LogP contribution in [0.2, 0.25) is 0 Å². The second-order valence-electron chi connectivity index (χ2n) is 8.04. The summed E-state index contributed by atoms with van der Waals surface area (Å²) in [6.45, 7) is 6.95. The number of amides is 1. The number of ether oxygens (including phenoxy) is 1. The average Bonchev–Trinajstić information content (AvgIpc) is 2.79. The van der Waals surface area contributed by atoms with Crippen LogP contribution in [-0.4, -0.2) is 81.4 Å². The number of hydrogen-bond acceptors (Lipinski definition) is 6. The number of nitrogens with zero attached hydrogens (tertiary/aromatic N) is 3. The lowest BCUT2D eigenvalue weighted by Crippen LogP contribution is -2.52. The predicted octanol–water partition coefficient (Wildman–Crippen LogP) is 3.50. The van der Waals surface area contributed by atoms with Crippen LogP contribution in [0.25, 0.3) is 0 Å². The first-order valence-corrected chi connectivity index (χ1v) is 12.0. The zero-order chi connectivity index (χ0) is 22.2. The first-order valence-electron chi connectivity index (χ1n) is 10.8. The molecule has 7 heteroatoms. The van der Waals surface area contributed by atoms with Crippen LogP contribution in [0.3, 0.4) is 0 Å². The van der Waals surface area contributed by atoms with Gasteiger partial charge in [0.15, 0.2) is 0 Å². The second kappa shape index (κ2) is 11.4. The number of nitrogens with one attached hydrogen (secondary N) is 1. The molecule has 2 aromatic carbocycles. The Morgan fingerprint density at radius 2 is 1.87 bits per heavy atom. The highest BCUT2D eigenvalue weighted by Gasteiger charge is 2.26. The number of hydrogen-bond donors (Lipinski definition) is 1. The number of benzene rings is 2. The number of likely N-dealkylation sites (N-methyl/N-ethyl adjacent to an activating group) is 1. The molecule has 0 aliphatic carbocycles. The van der Waals surface area contributed by atoms with Gasteiger partial charge in [-0.05, 0) is 57.6 Å². The monoisotopic (exact) mass is 442 g/mol. The fourth-order valence-electron chi connectivity index (χ4n) is 3.64. The summed E-state index contributed by atoms with van der Waals surface area (Å²) in [6.07, 6.45) is 2.04. The van der Waals surface area contributed by atoms with Crippen molar-refractivity contribution in [2.24, 2.45) is 0 Å². The zero-order valence-electron chi connectivity index (χ0n) is 19.0. The molecule has 1 atom stereocenters. The van der Waals surface area contributed by atoms with Crippen LogP contribution >= 0.6 is 11.8 Å². The molecule has 6 nitrogen and oxygen atoms in total. The summed E-state index contributed by atoms with van der Waals surface area (Å²) in [5.41, 5.74) is 1.98. The fraction of sp³-hybridized carbons (Fsp3) is 0.458. The SMILES string of the molecule is CSc1cccc(NC(=O)C(C)N2CCN(c3ccccc3OCCN(C)C)CC2)c1. The van der Waals surface area contributed by atoms with Gasteiger partial charge >= 0.3 is 0 Å². The molecule has 0 radical (unpaired) electrons. The Hall–Kier alpha value is -2.22. The minimum atomic E-state index is -0.174. The summed E-state index contributed by atoms with van der Waals surface area (Å²) >= 11 is 1.67. The van der Waals surface area contributed by atoms with Gasteiger partial charge in [0.2, 0.25) is 5.91 Å². The zero-order valence-corrected chi connectivity index (χ0v) is 19.8. The average molecular weight is 443 g/mol. The van der Waals surface area contributed by atoms with Gasteiger partial charge in [-0.25, -0.2) is 0 Å². The molecule has 1 fully saturated rings. The number of piperazine rings is 1. The van der Waals surface area contributed by atoms with E-state index in [1.54, 1.807) is 11.8 Å². The predicted molar refractivity (Wildman–Crippen MR) is 131 cm³/mol. The van der Waals surface area contributed by atoms with E-state index >= 15 is 0 Å². The first-order chi connectivity index (χ1) is 15.0. The van der Waals surface area contributed by atoms with Crippen LogP contribution in [0.5, 0.6) is 5.75 Å². The molecule has 0 bridgehead atoms. The minimum absolute atomic E-state index is 0.0409. The van der Waals surface area contributed by atoms with Crippen LogP contribution in [0.1, 0.15) is 6.92 Å². The van der Waals surface area contributed by atoms with Crippen molar-refractivity contribution in [3.63, 3.8) is 0 Å². The molecule has 1 amide bonds. The van der Waals surface area contributed by atoms with Gasteiger partial charge in [-0.15, -0.1) is 11.8 Å². The van der Waals surface area contributed by atoms with E-state index in [1.807, 2.05) is 63.7 Å². The summed E-state index contributed by atoms with van der Waals surface area (Å²) in [5, 5.41) is 3.07. The summed E-state index contributed by atoms with van der Waals surface area (Å²) < 4.78 is 6.04. The van der Waals surface area contributed by atoms with Crippen molar-refractivity contribution in [1.29, 1.82) is 0 Å². The molecule has 1 heterocycles. The Morgan fingerprint density at radius 1 is 1.13 bits per heavy atom. The Morgan fingerprint density at radius 3 is 2.58 bits per heavy atom. The van der Waals surface area contributed by atoms with Crippen molar-refractivity contribution in [2.45, 2.75) is 17.9 Å². The molecule has 1 aliphatic heterocycles. The molecule has 168 valence electrons. The number of anilines is 2. The topological polar surface area (TPSA) is 48.1 Å². The van der Waals surface area contributed by atoms with Crippen molar-refractivity contribution in [1.82, 2.24) is 9.80 Å². The standard InChI is InChI=1S/C24H34N4O2S/c1-19(24(29)25-20-8-7-9-21(18-20)31-4)27-12-14-28(15-13-27)22-10-5-6-11-23(22)30-17-16-26(2)3/h5-11,18-19H,12-17H2,1-4H3,(H,25,29). The van der Waals surface area contributed by atoms with E-state index in [2.05, 4.69) is 32.1 Å². The smallest absolute Gasteiger partial charge is 0.241 e. The lowest BCUT2D eigenvalue weighted by atomic mass is 10.2. The van der Waals surface area contributed by atoms with Crippen molar-refractivity contribution in [3.8, 4) is 5.75 Å². The fourth-order valence-corrected chi connectivity index (χ4v) is 4.10. The summed E-state index contributed by atoms with van der Waals surface area (Å²) in [7, 11) is 4.09. The third-order valence-electron chi connectivity index (χ3n) is 5.58. The number of carbonyl (C=O) groups excluding carboxylic acids is 1. The van der Waals surface area contributed by atoms with Gasteiger partial charge in [-0.2, -0.15) is 0 Å². The van der Waals surface area contributed by atoms with Crippen molar-refractivity contribution in [3.05, 3.63) is 48.5 Å². The van der Waals surface area contributed by atoms with Gasteiger partial charge in [0, 0.05) is 43.3 Å². The molecule has 1 saturated heterocycles. The molecular formula is C24H34N4O2S. The molecule has 1 N–H and O–H groups in total. The van der Waals surface area contributed by atoms with Gasteiger partial charge in [-0.3, -0.25) is 9.69 Å². The van der Waals surface area contributed by atoms with Crippen LogP contribution in [0.4, 0.5) is 11.4 Å². The van der Waals surface area contributed by atoms with E-state index in [-0.39, 0.29) is 11.9 Å². The van der Waals surface area contributed by atoms with E-state index in [9.17, 15) is 4.79 Å². The molecule has 1 unspecified atom stereocenters. The largest absolute Gasteiger partial charge is 0.490 e. The maximum absolute atomic E-state index is 12.8. The highest BCUT2D eigenvalue weighted by atomic mass is 32.2. The molecular weight excluding hydrogens is 408 g/mol. The highest BCUT2D eigenvalue weighted by Crippen LogP contribution is 2.29. The van der Waals surface area contributed by atoms with Crippen LogP contribution in [0.15, 0.2) is 53.4 Å². The molecule has 0 saturated carbocycles. The Bertz CT molecular complexity index is 853. The quantitative estimate of drug-likeness (QED) is 0.600. The lowest BCUT2D eigenvalue weighted by molar-refractivity contribution is -0.120. The van der Waals surface area contributed by atoms with Crippen LogP contribution in [0, 0.1) is 0 Å². The molecule has 0 aromatic heterocycles.